The van der Waals surface area contributed by atoms with E-state index >= 15 is 0 Å². The van der Waals surface area contributed by atoms with E-state index in [-0.39, 0.29) is 5.41 Å². The zero-order chi connectivity index (χ0) is 105. The second-order valence-electron chi connectivity index (χ2n) is 45.4. The molecular formula is C137H174N2. The number of aryl methyl sites for hydroxylation is 28. The number of nitrogens with zero attached hydrogens (tertiary/aromatic N) is 2. The highest BCUT2D eigenvalue weighted by atomic mass is 15.0. The Hall–Kier alpha value is -10.5. The van der Waals surface area contributed by atoms with Crippen LogP contribution in [-0.2, 0) is 19.5 Å². The first-order valence-electron chi connectivity index (χ1n) is 52.0. The normalized spacial score (nSPS) is 12.3. The van der Waals surface area contributed by atoms with Crippen LogP contribution in [0.2, 0.25) is 0 Å². The minimum Gasteiger partial charge on any atom is -0.343 e. The van der Waals surface area contributed by atoms with E-state index in [2.05, 4.69) is 411 Å². The molecule has 139 heavy (non-hydrogen) atoms. The van der Waals surface area contributed by atoms with Crippen molar-refractivity contribution in [1.29, 1.82) is 0 Å². The lowest BCUT2D eigenvalue weighted by molar-refractivity contribution is 0.648. The van der Waals surface area contributed by atoms with E-state index in [1.165, 1.54) is 420 Å². The summed E-state index contributed by atoms with van der Waals surface area (Å²) in [6.45, 7) is 128. The molecule has 0 bridgehead atoms. The number of aromatic nitrogens is 2. The van der Waals surface area contributed by atoms with Gasteiger partial charge in [0.05, 0.1) is 22.1 Å². The Morgan fingerprint density at radius 2 is 0.201 bits per heavy atom. The monoisotopic (exact) mass is 1850 g/mol. The summed E-state index contributed by atoms with van der Waals surface area (Å²) < 4.78 is 4.85. The van der Waals surface area contributed by atoms with E-state index in [4.69, 9.17) is 0 Å². The summed E-state index contributed by atoms with van der Waals surface area (Å²) in [7, 11) is 4.46. The van der Waals surface area contributed by atoms with Crippen LogP contribution in [0.5, 0.6) is 0 Å². The van der Waals surface area contributed by atoms with Crippen LogP contribution in [0.15, 0.2) is 0 Å². The molecule has 0 N–H and O–H groups in total. The first-order valence-corrected chi connectivity index (χ1v) is 52.0. The summed E-state index contributed by atoms with van der Waals surface area (Å²) in [5.41, 5.74) is 90.0. The maximum atomic E-state index is 2.42. The molecule has 0 saturated heterocycles. The van der Waals surface area contributed by atoms with Crippen LogP contribution in [0.1, 0.15) is 325 Å². The Balaban J connectivity index is 0.000000141. The van der Waals surface area contributed by atoms with Gasteiger partial charge >= 0.3 is 0 Å². The zero-order valence-corrected chi connectivity index (χ0v) is 98.4. The van der Waals surface area contributed by atoms with Crippen molar-refractivity contribution in [1.82, 2.24) is 9.13 Å². The average molecular weight is 1850 g/mol. The number of fused-ring (bicyclic) bond motifs is 16. The van der Waals surface area contributed by atoms with Gasteiger partial charge in [-0.05, 0) is 761 Å². The molecular weight excluding hydrogens is 1670 g/mol. The largest absolute Gasteiger partial charge is 0.343 e. The maximum absolute atomic E-state index is 2.42. The molecule has 0 spiro atoms. The quantitative estimate of drug-likeness (QED) is 0.106. The Labute approximate surface area is 841 Å². The third kappa shape index (κ3) is 15.0. The standard InChI is InChI=1S/3C24H30.C23H30.2C21H27N/c1-11-13(3)17(7)23-21(15(11)5)19(9)20(10)22-16(6)12(2)14(4)18(8)24(22)23;2*1-11-12(2)16(6)22-20(10)24-18(8)14(4)13(3)17(7)23(24)19(9)21(22)15(11)5;1-11-13(3)17(7)21-19(15(11)5)20-16(6)12(2)14(4)18(8)22(20)23(21,9)10;2*1-10-12(3)16(7)20-18(14(10)5)19-15(6)11(2)13(4)17(8)21(19)22(20)9/h3*1-10H3;1-10H3;2*1-9H3. The highest BCUT2D eigenvalue weighted by Crippen LogP contribution is 2.57. The molecule has 0 saturated carbocycles. The van der Waals surface area contributed by atoms with Gasteiger partial charge in [0, 0.05) is 41.1 Å². The molecule has 17 aromatic rings. The lowest BCUT2D eigenvalue weighted by atomic mass is 9.76. The topological polar surface area (TPSA) is 9.86 Å². The van der Waals surface area contributed by atoms with Crippen LogP contribution < -0.4 is 0 Å². The molecule has 18 rings (SSSR count). The fourth-order valence-corrected chi connectivity index (χ4v) is 27.3. The molecule has 0 amide bonds. The zero-order valence-electron chi connectivity index (χ0n) is 98.4. The number of hydrogen-bond acceptors (Lipinski definition) is 0. The molecule has 2 heteroatoms. The van der Waals surface area contributed by atoms with Crippen molar-refractivity contribution in [3.05, 3.63) is 312 Å². The number of rotatable bonds is 0. The predicted molar refractivity (Wildman–Crippen MR) is 625 cm³/mol. The summed E-state index contributed by atoms with van der Waals surface area (Å²) >= 11 is 0. The van der Waals surface area contributed by atoms with Crippen LogP contribution >= 0.6 is 0 Å². The summed E-state index contributed by atoms with van der Waals surface area (Å²) in [4.78, 5) is 0. The van der Waals surface area contributed by atoms with Crippen LogP contribution in [0.3, 0.4) is 0 Å². The molecule has 1 aliphatic carbocycles. The number of hydrogen-bond donors (Lipinski definition) is 0. The molecule has 0 radical (unpaired) electrons. The second kappa shape index (κ2) is 36.8. The van der Waals surface area contributed by atoms with Crippen molar-refractivity contribution in [3.63, 3.8) is 0 Å². The van der Waals surface area contributed by atoms with E-state index < -0.39 is 0 Å². The van der Waals surface area contributed by atoms with Crippen LogP contribution in [0.25, 0.3) is 119 Å². The molecule has 732 valence electrons. The lowest BCUT2D eigenvalue weighted by Crippen LogP contribution is -2.19. The van der Waals surface area contributed by atoms with Crippen LogP contribution in [0, 0.1) is 374 Å². The molecule has 0 fully saturated rings. The Morgan fingerprint density at radius 1 is 0.101 bits per heavy atom. The Morgan fingerprint density at radius 3 is 0.353 bits per heavy atom. The molecule has 0 aliphatic heterocycles. The molecule has 0 unspecified atom stereocenters. The SMILES string of the molecule is Cc1c(C)c(C)c2c(C)c3c(C)c(C)c(C)c(C)c3c(C)c2c1C.Cc1c(C)c(C)c2c(C)c3c(C)c(C)c(C)c(C)c3c(C)c2c1C.Cc1c(C)c(C)c2c(c1C)-c1c(C)c(C)c(C)c(C)c1C2(C)C.Cc1c(C)c(C)c2c(c1C)c(C)c(C)c1c(C)c(C)c(C)c(C)c12.Cc1c(C)c(C)c2c(c1C)c1c(C)c(C)c(C)c(C)c1n2C.Cc1c(C)c(C)c2c(c1C)c1c(C)c(C)c(C)c(C)c1n2C. The fourth-order valence-electron chi connectivity index (χ4n) is 27.3. The van der Waals surface area contributed by atoms with Gasteiger partial charge in [0.1, 0.15) is 0 Å². The van der Waals surface area contributed by atoms with Crippen LogP contribution in [-0.4, -0.2) is 9.13 Å². The summed E-state index contributed by atoms with van der Waals surface area (Å²) in [5, 5.41) is 23.6. The van der Waals surface area contributed by atoms with E-state index in [0.717, 1.165) is 0 Å². The van der Waals surface area contributed by atoms with Crippen molar-refractivity contribution in [2.24, 2.45) is 14.1 Å². The van der Waals surface area contributed by atoms with Crippen molar-refractivity contribution in [2.45, 2.75) is 393 Å². The first kappa shape index (κ1) is 106. The van der Waals surface area contributed by atoms with Gasteiger partial charge in [-0.3, -0.25) is 0 Å². The van der Waals surface area contributed by atoms with Gasteiger partial charge in [0.15, 0.2) is 0 Å². The van der Waals surface area contributed by atoms with Gasteiger partial charge in [-0.25, -0.2) is 0 Å². The van der Waals surface area contributed by atoms with Crippen LogP contribution in [0.4, 0.5) is 0 Å². The van der Waals surface area contributed by atoms with E-state index in [1.807, 2.05) is 0 Å². The minimum absolute atomic E-state index is 0.0886. The highest BCUT2D eigenvalue weighted by Gasteiger charge is 2.42. The van der Waals surface area contributed by atoms with E-state index in [0.29, 0.717) is 0 Å². The third-order valence-corrected chi connectivity index (χ3v) is 40.0. The average Bonchev–Trinajstić information content (AvgIpc) is 1.56. The van der Waals surface area contributed by atoms with Crippen molar-refractivity contribution >= 4 is 108 Å². The van der Waals surface area contributed by atoms with Gasteiger partial charge in [0.25, 0.3) is 0 Å². The fraction of sp³-hybridized carbons (Fsp3) is 0.431. The Bertz CT molecular complexity index is 7360. The third-order valence-electron chi connectivity index (χ3n) is 40.0. The van der Waals surface area contributed by atoms with E-state index in [9.17, 15) is 0 Å². The van der Waals surface area contributed by atoms with Crippen molar-refractivity contribution < 1.29 is 0 Å². The van der Waals surface area contributed by atoms with Crippen molar-refractivity contribution in [2.75, 3.05) is 0 Å². The smallest absolute Gasteiger partial charge is 0.0524 e. The molecule has 2 heterocycles. The minimum atomic E-state index is 0.0886. The number of benzene rings is 15. The summed E-state index contributed by atoms with van der Waals surface area (Å²) in [5.74, 6) is 0. The van der Waals surface area contributed by atoms with Gasteiger partial charge in [-0.2, -0.15) is 0 Å². The first-order chi connectivity index (χ1) is 64.2. The molecule has 2 nitrogen and oxygen atoms in total. The van der Waals surface area contributed by atoms with Gasteiger partial charge < -0.3 is 9.13 Å². The predicted octanol–water partition coefficient (Wildman–Crippen LogP) is 39.3. The molecule has 1 aliphatic rings. The van der Waals surface area contributed by atoms with E-state index in [1.54, 1.807) is 11.1 Å². The van der Waals surface area contributed by atoms with Gasteiger partial charge in [0.2, 0.25) is 0 Å². The highest BCUT2D eigenvalue weighted by molar-refractivity contribution is 6.19. The molecule has 15 aromatic carbocycles. The molecule has 2 aromatic heterocycles. The molecule has 0 atom stereocenters. The Kier molecular flexibility index (Phi) is 28.0. The van der Waals surface area contributed by atoms with Gasteiger partial charge in [-0.15, -0.1) is 0 Å². The summed E-state index contributed by atoms with van der Waals surface area (Å²) in [6, 6.07) is 0. The summed E-state index contributed by atoms with van der Waals surface area (Å²) in [6.07, 6.45) is 0. The second-order valence-corrected chi connectivity index (χ2v) is 45.4. The van der Waals surface area contributed by atoms with Gasteiger partial charge in [-0.1, -0.05) is 13.8 Å². The lowest BCUT2D eigenvalue weighted by Gasteiger charge is -2.28. The van der Waals surface area contributed by atoms with Crippen molar-refractivity contribution in [3.8, 4) is 11.1 Å². The maximum Gasteiger partial charge on any atom is 0.0524 e.